The summed E-state index contributed by atoms with van der Waals surface area (Å²) in [4.78, 5) is 0. The van der Waals surface area contributed by atoms with Crippen LogP contribution in [0.4, 0.5) is 0 Å². The smallest absolute Gasteiger partial charge is 0.0546 e. The summed E-state index contributed by atoms with van der Waals surface area (Å²) >= 11 is 0. The third-order valence-electron chi connectivity index (χ3n) is 2.54. The largest absolute Gasteiger partial charge is 0.393 e. The molecule has 0 aromatic heterocycles. The molecular weight excluding hydrogens is 200 g/mol. The highest BCUT2D eigenvalue weighted by molar-refractivity contribution is 7.85. The van der Waals surface area contributed by atoms with Crippen LogP contribution < -0.4 is 0 Å². The average molecular weight is 222 g/mol. The molecule has 0 heterocycles. The summed E-state index contributed by atoms with van der Waals surface area (Å²) in [6.07, 6.45) is -0.832. The van der Waals surface area contributed by atoms with Gasteiger partial charge in [-0.2, -0.15) is 0 Å². The molecule has 0 aliphatic carbocycles. The Balaban J connectivity index is 3.87. The van der Waals surface area contributed by atoms with E-state index in [0.29, 0.717) is 11.5 Å². The molecule has 4 heteroatoms. The van der Waals surface area contributed by atoms with Crippen molar-refractivity contribution in [3.63, 3.8) is 0 Å². The van der Waals surface area contributed by atoms with E-state index in [1.165, 1.54) is 0 Å². The predicted molar refractivity (Wildman–Crippen MR) is 59.6 cm³/mol. The molecule has 0 amide bonds. The minimum Gasteiger partial charge on any atom is -0.393 e. The Bertz CT molecular complexity index is 162. The van der Waals surface area contributed by atoms with Crippen LogP contribution in [0.1, 0.15) is 27.7 Å². The second kappa shape index (κ2) is 6.53. The molecule has 0 fully saturated rings. The first-order valence-electron chi connectivity index (χ1n) is 5.05. The molecule has 0 aliphatic heterocycles. The van der Waals surface area contributed by atoms with Crippen LogP contribution in [0.3, 0.4) is 0 Å². The molecule has 86 valence electrons. The molecule has 4 atom stereocenters. The molecule has 0 saturated carbocycles. The fourth-order valence-corrected chi connectivity index (χ4v) is 2.80. The molecule has 0 saturated heterocycles. The Kier molecular flexibility index (Phi) is 6.57. The number of aliphatic hydroxyl groups excluding tert-OH is 2. The van der Waals surface area contributed by atoms with Gasteiger partial charge in [0.1, 0.15) is 0 Å². The summed E-state index contributed by atoms with van der Waals surface area (Å²) in [6.45, 7) is 7.19. The Morgan fingerprint density at radius 2 is 1.21 bits per heavy atom. The molecule has 14 heavy (non-hydrogen) atoms. The Hall–Kier alpha value is 0.0700. The van der Waals surface area contributed by atoms with Gasteiger partial charge in [-0.05, 0) is 25.7 Å². The Labute approximate surface area is 89.0 Å². The number of hydrogen-bond acceptors (Lipinski definition) is 3. The van der Waals surface area contributed by atoms with Crippen molar-refractivity contribution >= 4 is 10.8 Å². The van der Waals surface area contributed by atoms with Crippen molar-refractivity contribution in [2.24, 2.45) is 11.8 Å². The molecule has 0 aromatic carbocycles. The SMILES string of the molecule is CC(O)C(C)CS(=O)CC(C)C(C)O. The lowest BCUT2D eigenvalue weighted by atomic mass is 10.1. The van der Waals surface area contributed by atoms with Gasteiger partial charge in [0, 0.05) is 22.3 Å². The minimum absolute atomic E-state index is 0.0528. The topological polar surface area (TPSA) is 57.5 Å². The average Bonchev–Trinajstić information content (AvgIpc) is 2.03. The highest BCUT2D eigenvalue weighted by Crippen LogP contribution is 2.09. The van der Waals surface area contributed by atoms with E-state index in [1.807, 2.05) is 13.8 Å². The summed E-state index contributed by atoms with van der Waals surface area (Å²) in [5.41, 5.74) is 0. The van der Waals surface area contributed by atoms with Gasteiger partial charge in [-0.1, -0.05) is 13.8 Å². The first kappa shape index (κ1) is 14.1. The first-order chi connectivity index (χ1) is 6.34. The van der Waals surface area contributed by atoms with E-state index in [1.54, 1.807) is 13.8 Å². The zero-order valence-corrected chi connectivity index (χ0v) is 10.3. The molecule has 0 radical (unpaired) electrons. The van der Waals surface area contributed by atoms with Crippen LogP contribution in [0.2, 0.25) is 0 Å². The van der Waals surface area contributed by atoms with Gasteiger partial charge in [0.25, 0.3) is 0 Å². The lowest BCUT2D eigenvalue weighted by Crippen LogP contribution is -2.26. The van der Waals surface area contributed by atoms with Crippen molar-refractivity contribution in [2.45, 2.75) is 39.9 Å². The highest BCUT2D eigenvalue weighted by atomic mass is 32.2. The molecular formula is C10H22O3S. The van der Waals surface area contributed by atoms with Gasteiger partial charge in [0.2, 0.25) is 0 Å². The van der Waals surface area contributed by atoms with Crippen LogP contribution in [0.15, 0.2) is 0 Å². The summed E-state index contributed by atoms with van der Waals surface area (Å²) in [5, 5.41) is 18.5. The summed E-state index contributed by atoms with van der Waals surface area (Å²) in [7, 11) is -0.941. The molecule has 3 nitrogen and oxygen atoms in total. The third kappa shape index (κ3) is 5.73. The van der Waals surface area contributed by atoms with E-state index in [9.17, 15) is 14.4 Å². The number of hydrogen-bond donors (Lipinski definition) is 2. The molecule has 2 N–H and O–H groups in total. The minimum atomic E-state index is -0.941. The maximum absolute atomic E-state index is 11.6. The summed E-state index contributed by atoms with van der Waals surface area (Å²) in [5.74, 6) is 1.12. The van der Waals surface area contributed by atoms with Gasteiger partial charge in [0.15, 0.2) is 0 Å². The van der Waals surface area contributed by atoms with Gasteiger partial charge in [-0.25, -0.2) is 0 Å². The van der Waals surface area contributed by atoms with Gasteiger partial charge in [-0.15, -0.1) is 0 Å². The van der Waals surface area contributed by atoms with Gasteiger partial charge in [-0.3, -0.25) is 4.21 Å². The van der Waals surface area contributed by atoms with Crippen LogP contribution in [-0.4, -0.2) is 38.1 Å². The number of rotatable bonds is 6. The van der Waals surface area contributed by atoms with Crippen molar-refractivity contribution in [1.82, 2.24) is 0 Å². The lowest BCUT2D eigenvalue weighted by molar-refractivity contribution is 0.143. The fraction of sp³-hybridized carbons (Fsp3) is 1.00. The van der Waals surface area contributed by atoms with E-state index in [4.69, 9.17) is 0 Å². The van der Waals surface area contributed by atoms with E-state index < -0.39 is 23.0 Å². The maximum Gasteiger partial charge on any atom is 0.0546 e. The first-order valence-corrected chi connectivity index (χ1v) is 6.54. The standard InChI is InChI=1S/C10H22O3S/c1-7(9(3)11)5-14(13)6-8(2)10(4)12/h7-12H,5-6H2,1-4H3. The van der Waals surface area contributed by atoms with Crippen molar-refractivity contribution in [3.8, 4) is 0 Å². The van der Waals surface area contributed by atoms with Crippen LogP contribution in [-0.2, 0) is 10.8 Å². The normalized spacial score (nSPS) is 22.4. The van der Waals surface area contributed by atoms with Crippen LogP contribution in [0.25, 0.3) is 0 Å². The second-order valence-corrected chi connectivity index (χ2v) is 5.76. The molecule has 0 aromatic rings. The van der Waals surface area contributed by atoms with Gasteiger partial charge < -0.3 is 10.2 Å². The summed E-state index contributed by atoms with van der Waals surface area (Å²) < 4.78 is 11.6. The highest BCUT2D eigenvalue weighted by Gasteiger charge is 2.17. The van der Waals surface area contributed by atoms with Crippen molar-refractivity contribution in [3.05, 3.63) is 0 Å². The molecule has 0 bridgehead atoms. The quantitative estimate of drug-likeness (QED) is 0.698. The summed E-state index contributed by atoms with van der Waals surface area (Å²) in [6, 6.07) is 0. The molecule has 0 rings (SSSR count). The van der Waals surface area contributed by atoms with Crippen molar-refractivity contribution in [1.29, 1.82) is 0 Å². The molecule has 4 unspecified atom stereocenters. The van der Waals surface area contributed by atoms with Gasteiger partial charge >= 0.3 is 0 Å². The van der Waals surface area contributed by atoms with Crippen molar-refractivity contribution in [2.75, 3.05) is 11.5 Å². The van der Waals surface area contributed by atoms with E-state index >= 15 is 0 Å². The van der Waals surface area contributed by atoms with Crippen LogP contribution in [0, 0.1) is 11.8 Å². The van der Waals surface area contributed by atoms with Crippen LogP contribution in [0.5, 0.6) is 0 Å². The zero-order valence-electron chi connectivity index (χ0n) is 9.43. The molecule has 0 spiro atoms. The van der Waals surface area contributed by atoms with E-state index in [2.05, 4.69) is 0 Å². The Morgan fingerprint density at radius 3 is 1.43 bits per heavy atom. The number of aliphatic hydroxyl groups is 2. The predicted octanol–water partition coefficient (Wildman–Crippen LogP) is 0.769. The van der Waals surface area contributed by atoms with Crippen molar-refractivity contribution < 1.29 is 14.4 Å². The van der Waals surface area contributed by atoms with Gasteiger partial charge in [0.05, 0.1) is 12.2 Å². The Morgan fingerprint density at radius 1 is 0.929 bits per heavy atom. The monoisotopic (exact) mass is 222 g/mol. The maximum atomic E-state index is 11.6. The second-order valence-electron chi connectivity index (χ2n) is 4.21. The van der Waals surface area contributed by atoms with E-state index in [-0.39, 0.29) is 11.8 Å². The van der Waals surface area contributed by atoms with Crippen LogP contribution >= 0.6 is 0 Å². The third-order valence-corrected chi connectivity index (χ3v) is 4.34. The zero-order chi connectivity index (χ0) is 11.3. The molecule has 0 aliphatic rings. The fourth-order valence-electron chi connectivity index (χ4n) is 0.933. The van der Waals surface area contributed by atoms with E-state index in [0.717, 1.165) is 0 Å². The lowest BCUT2D eigenvalue weighted by Gasteiger charge is -2.17.